The zero-order chi connectivity index (χ0) is 30.4. The second kappa shape index (κ2) is 13.5. The Morgan fingerprint density at radius 1 is 0.902 bits per heavy atom. The number of sulfonamides is 1. The van der Waals surface area contributed by atoms with Gasteiger partial charge in [-0.3, -0.25) is 13.9 Å². The standard InChI is InChI=1S/C32H40ClN3O4S/c1-23(2)34-31(38)29(20-24-11-8-7-9-12-24)35(21-25-13-10-14-27(33)19-25)30(37)22-36(41(6,39)40)28-17-15-26(16-18-28)32(3,4)5/h7-19,23,29H,20-22H2,1-6H3,(H,34,38). The topological polar surface area (TPSA) is 86.8 Å². The molecule has 1 unspecified atom stereocenters. The Hall–Kier alpha value is -3.36. The van der Waals surface area contributed by atoms with Crippen LogP contribution in [0.25, 0.3) is 0 Å². The van der Waals surface area contributed by atoms with Crippen molar-refractivity contribution in [3.63, 3.8) is 0 Å². The Bertz CT molecular complexity index is 1440. The van der Waals surface area contributed by atoms with Crippen LogP contribution in [0.5, 0.6) is 0 Å². The van der Waals surface area contributed by atoms with Gasteiger partial charge in [-0.05, 0) is 60.2 Å². The molecule has 3 aromatic rings. The summed E-state index contributed by atoms with van der Waals surface area (Å²) in [4.78, 5) is 29.2. The summed E-state index contributed by atoms with van der Waals surface area (Å²) < 4.78 is 27.0. The van der Waals surface area contributed by atoms with E-state index in [4.69, 9.17) is 11.6 Å². The van der Waals surface area contributed by atoms with E-state index in [1.807, 2.05) is 62.4 Å². The molecule has 0 heterocycles. The van der Waals surface area contributed by atoms with Crippen molar-refractivity contribution in [2.45, 2.75) is 65.1 Å². The van der Waals surface area contributed by atoms with Crippen molar-refractivity contribution in [3.8, 4) is 0 Å². The lowest BCUT2D eigenvalue weighted by Gasteiger charge is -2.34. The molecule has 3 rings (SSSR count). The second-order valence-electron chi connectivity index (χ2n) is 11.6. The van der Waals surface area contributed by atoms with Crippen LogP contribution in [0.2, 0.25) is 5.02 Å². The van der Waals surface area contributed by atoms with Crippen molar-refractivity contribution in [1.29, 1.82) is 0 Å². The normalized spacial score (nSPS) is 12.6. The van der Waals surface area contributed by atoms with E-state index in [1.54, 1.807) is 30.3 Å². The minimum atomic E-state index is -3.83. The van der Waals surface area contributed by atoms with Gasteiger partial charge in [0.1, 0.15) is 12.6 Å². The highest BCUT2D eigenvalue weighted by Crippen LogP contribution is 2.26. The monoisotopic (exact) mass is 597 g/mol. The van der Waals surface area contributed by atoms with Gasteiger partial charge in [-0.15, -0.1) is 0 Å². The van der Waals surface area contributed by atoms with Gasteiger partial charge in [0, 0.05) is 24.0 Å². The molecule has 0 radical (unpaired) electrons. The van der Waals surface area contributed by atoms with Crippen molar-refractivity contribution in [2.75, 3.05) is 17.1 Å². The van der Waals surface area contributed by atoms with E-state index < -0.39 is 28.5 Å². The van der Waals surface area contributed by atoms with Crippen molar-refractivity contribution in [2.24, 2.45) is 0 Å². The molecule has 0 aliphatic heterocycles. The van der Waals surface area contributed by atoms with E-state index in [1.165, 1.54) is 4.90 Å². The highest BCUT2D eigenvalue weighted by Gasteiger charge is 2.33. The van der Waals surface area contributed by atoms with Crippen LogP contribution < -0.4 is 9.62 Å². The second-order valence-corrected chi connectivity index (χ2v) is 13.9. The molecular formula is C32H40ClN3O4S. The summed E-state index contributed by atoms with van der Waals surface area (Å²) >= 11 is 6.25. The number of rotatable bonds is 11. The van der Waals surface area contributed by atoms with Gasteiger partial charge in [0.25, 0.3) is 0 Å². The van der Waals surface area contributed by atoms with E-state index >= 15 is 0 Å². The highest BCUT2D eigenvalue weighted by molar-refractivity contribution is 7.92. The molecule has 41 heavy (non-hydrogen) atoms. The van der Waals surface area contributed by atoms with Crippen molar-refractivity contribution >= 4 is 39.1 Å². The molecule has 1 atom stereocenters. The number of carbonyl (C=O) groups is 2. The Labute approximate surface area is 249 Å². The molecule has 0 saturated heterocycles. The lowest BCUT2D eigenvalue weighted by atomic mass is 9.87. The third kappa shape index (κ3) is 9.33. The minimum Gasteiger partial charge on any atom is -0.352 e. The molecule has 2 amide bonds. The summed E-state index contributed by atoms with van der Waals surface area (Å²) in [6.45, 7) is 9.53. The number of nitrogens with zero attached hydrogens (tertiary/aromatic N) is 2. The molecule has 3 aromatic carbocycles. The van der Waals surface area contributed by atoms with Crippen LogP contribution in [0.3, 0.4) is 0 Å². The lowest BCUT2D eigenvalue weighted by molar-refractivity contribution is -0.140. The Morgan fingerprint density at radius 2 is 1.51 bits per heavy atom. The summed E-state index contributed by atoms with van der Waals surface area (Å²) in [7, 11) is -3.83. The summed E-state index contributed by atoms with van der Waals surface area (Å²) in [5, 5.41) is 3.44. The molecule has 0 saturated carbocycles. The fourth-order valence-corrected chi connectivity index (χ4v) is 5.57. The van der Waals surface area contributed by atoms with Crippen LogP contribution >= 0.6 is 11.6 Å². The zero-order valence-corrected chi connectivity index (χ0v) is 26.2. The van der Waals surface area contributed by atoms with Crippen LogP contribution in [-0.2, 0) is 38.0 Å². The molecule has 0 aromatic heterocycles. The van der Waals surface area contributed by atoms with Crippen LogP contribution in [0.1, 0.15) is 51.3 Å². The third-order valence-electron chi connectivity index (χ3n) is 6.64. The van der Waals surface area contributed by atoms with E-state index in [2.05, 4.69) is 26.1 Å². The average Bonchev–Trinajstić information content (AvgIpc) is 2.88. The Kier molecular flexibility index (Phi) is 10.6. The molecule has 220 valence electrons. The average molecular weight is 598 g/mol. The van der Waals surface area contributed by atoms with Gasteiger partial charge in [-0.1, -0.05) is 87.0 Å². The number of hydrogen-bond acceptors (Lipinski definition) is 4. The number of hydrogen-bond donors (Lipinski definition) is 1. The van der Waals surface area contributed by atoms with E-state index in [9.17, 15) is 18.0 Å². The van der Waals surface area contributed by atoms with Crippen molar-refractivity contribution in [1.82, 2.24) is 10.2 Å². The highest BCUT2D eigenvalue weighted by atomic mass is 35.5. The predicted octanol–water partition coefficient (Wildman–Crippen LogP) is 5.57. The lowest BCUT2D eigenvalue weighted by Crippen LogP contribution is -2.54. The van der Waals surface area contributed by atoms with E-state index in [-0.39, 0.29) is 30.3 Å². The molecule has 1 N–H and O–H groups in total. The Morgan fingerprint density at radius 3 is 2.05 bits per heavy atom. The van der Waals surface area contributed by atoms with Gasteiger partial charge < -0.3 is 10.2 Å². The fourth-order valence-electron chi connectivity index (χ4n) is 4.51. The molecule has 0 bridgehead atoms. The predicted molar refractivity (Wildman–Crippen MR) is 167 cm³/mol. The first kappa shape index (κ1) is 32.2. The molecule has 0 fully saturated rings. The van der Waals surface area contributed by atoms with Crippen molar-refractivity contribution < 1.29 is 18.0 Å². The number of nitrogens with one attached hydrogen (secondary N) is 1. The molecule has 0 aliphatic carbocycles. The maximum Gasteiger partial charge on any atom is 0.244 e. The number of benzene rings is 3. The van der Waals surface area contributed by atoms with Gasteiger partial charge in [0.2, 0.25) is 21.8 Å². The first-order chi connectivity index (χ1) is 19.1. The Balaban J connectivity index is 2.05. The molecule has 7 nitrogen and oxygen atoms in total. The summed E-state index contributed by atoms with van der Waals surface area (Å²) in [6, 6.07) is 22.6. The number of halogens is 1. The quantitative estimate of drug-likeness (QED) is 0.313. The molecule has 0 aliphatic rings. The van der Waals surface area contributed by atoms with Gasteiger partial charge in [0.05, 0.1) is 11.9 Å². The van der Waals surface area contributed by atoms with Gasteiger partial charge in [0.15, 0.2) is 0 Å². The smallest absolute Gasteiger partial charge is 0.244 e. The van der Waals surface area contributed by atoms with Crippen LogP contribution in [0.4, 0.5) is 5.69 Å². The van der Waals surface area contributed by atoms with Crippen LogP contribution in [-0.4, -0.2) is 50.0 Å². The fraction of sp³-hybridized carbons (Fsp3) is 0.375. The number of carbonyl (C=O) groups excluding carboxylic acids is 2. The number of amides is 2. The molecule has 9 heteroatoms. The van der Waals surface area contributed by atoms with Gasteiger partial charge >= 0.3 is 0 Å². The summed E-state index contributed by atoms with van der Waals surface area (Å²) in [6.07, 6.45) is 1.33. The van der Waals surface area contributed by atoms with Gasteiger partial charge in [-0.25, -0.2) is 8.42 Å². The van der Waals surface area contributed by atoms with Crippen LogP contribution in [0, 0.1) is 0 Å². The summed E-state index contributed by atoms with van der Waals surface area (Å²) in [5.74, 6) is -0.824. The maximum atomic E-state index is 14.1. The van der Waals surface area contributed by atoms with E-state index in [0.29, 0.717) is 10.7 Å². The third-order valence-corrected chi connectivity index (χ3v) is 8.02. The number of anilines is 1. The van der Waals surface area contributed by atoms with Gasteiger partial charge in [-0.2, -0.15) is 0 Å². The minimum absolute atomic E-state index is 0.0724. The molecule has 0 spiro atoms. The molecular weight excluding hydrogens is 558 g/mol. The van der Waals surface area contributed by atoms with E-state index in [0.717, 1.165) is 27.3 Å². The first-order valence-corrected chi connectivity index (χ1v) is 15.8. The summed E-state index contributed by atoms with van der Waals surface area (Å²) in [5.41, 5.74) is 2.89. The largest absolute Gasteiger partial charge is 0.352 e. The van der Waals surface area contributed by atoms with Crippen LogP contribution in [0.15, 0.2) is 78.9 Å². The maximum absolute atomic E-state index is 14.1. The first-order valence-electron chi connectivity index (χ1n) is 13.6. The van der Waals surface area contributed by atoms with Crippen molar-refractivity contribution in [3.05, 3.63) is 101 Å². The SMILES string of the molecule is CC(C)NC(=O)C(Cc1ccccc1)N(Cc1cccc(Cl)c1)C(=O)CN(c1ccc(C(C)(C)C)cc1)S(C)(=O)=O. The zero-order valence-electron chi connectivity index (χ0n) is 24.6.